The van der Waals surface area contributed by atoms with Crippen molar-refractivity contribution in [2.45, 2.75) is 57.5 Å². The predicted octanol–water partition coefficient (Wildman–Crippen LogP) is 2.63. The molecule has 1 aromatic rings. The maximum absolute atomic E-state index is 12.2. The van der Waals surface area contributed by atoms with Crippen LogP contribution in [0.4, 0.5) is 4.79 Å². The molecule has 1 saturated heterocycles. The quantitative estimate of drug-likeness (QED) is 0.866. The monoisotopic (exact) mass is 307 g/mol. The molecule has 1 spiro atoms. The molecule has 1 N–H and O–H groups in total. The Labute approximate surface area is 131 Å². The summed E-state index contributed by atoms with van der Waals surface area (Å²) in [6.45, 7) is 7.16. The topological polar surface area (TPSA) is 67.5 Å². The lowest BCUT2D eigenvalue weighted by atomic mass is 9.76. The van der Waals surface area contributed by atoms with Crippen LogP contribution < -0.4 is 4.74 Å². The Bertz CT molecular complexity index is 566. The van der Waals surface area contributed by atoms with E-state index in [0.29, 0.717) is 0 Å². The number of nitrogens with zero attached hydrogens (tertiary/aromatic N) is 2. The van der Waals surface area contributed by atoms with Crippen LogP contribution in [0.2, 0.25) is 0 Å². The maximum atomic E-state index is 12.2. The molecular formula is C16H25N3O3. The number of hydrogen-bond donors (Lipinski definition) is 1. The Hall–Kier alpha value is -1.72. The van der Waals surface area contributed by atoms with Gasteiger partial charge in [0.25, 0.3) is 0 Å². The predicted molar refractivity (Wildman–Crippen MR) is 82.2 cm³/mol. The van der Waals surface area contributed by atoms with Gasteiger partial charge in [0.1, 0.15) is 5.60 Å². The van der Waals surface area contributed by atoms with Crippen LogP contribution >= 0.6 is 0 Å². The molecule has 3 rings (SSSR count). The van der Waals surface area contributed by atoms with Crippen LogP contribution in [0.25, 0.3) is 0 Å². The van der Waals surface area contributed by atoms with Crippen molar-refractivity contribution in [2.24, 2.45) is 0 Å². The number of likely N-dealkylation sites (tertiary alicyclic amines) is 1. The van der Waals surface area contributed by atoms with Crippen molar-refractivity contribution in [3.8, 4) is 5.88 Å². The van der Waals surface area contributed by atoms with E-state index in [4.69, 9.17) is 9.47 Å². The van der Waals surface area contributed by atoms with Gasteiger partial charge < -0.3 is 14.4 Å². The molecule has 2 heterocycles. The Balaban J connectivity index is 1.68. The van der Waals surface area contributed by atoms with E-state index >= 15 is 0 Å². The van der Waals surface area contributed by atoms with Gasteiger partial charge in [0, 0.05) is 29.8 Å². The fourth-order valence-electron chi connectivity index (χ4n) is 3.62. The summed E-state index contributed by atoms with van der Waals surface area (Å²) in [7, 11) is 1.66. The van der Waals surface area contributed by atoms with Crippen molar-refractivity contribution in [1.29, 1.82) is 0 Å². The Morgan fingerprint density at radius 3 is 2.55 bits per heavy atom. The summed E-state index contributed by atoms with van der Waals surface area (Å²) in [6.07, 6.45) is 3.80. The lowest BCUT2D eigenvalue weighted by molar-refractivity contribution is 0.0162. The molecule has 0 bridgehead atoms. The number of piperidine rings is 1. The molecule has 122 valence electrons. The molecule has 6 nitrogen and oxygen atoms in total. The number of ether oxygens (including phenoxy) is 2. The zero-order chi connectivity index (χ0) is 16.0. The van der Waals surface area contributed by atoms with Crippen LogP contribution in [0, 0.1) is 0 Å². The van der Waals surface area contributed by atoms with Crippen LogP contribution in [0.3, 0.4) is 0 Å². The summed E-state index contributed by atoms with van der Waals surface area (Å²) in [5.41, 5.74) is 2.11. The minimum atomic E-state index is -0.441. The summed E-state index contributed by atoms with van der Waals surface area (Å²) < 4.78 is 10.8. The molecule has 22 heavy (non-hydrogen) atoms. The highest BCUT2D eigenvalue weighted by Crippen LogP contribution is 2.47. The lowest BCUT2D eigenvalue weighted by Crippen LogP contribution is -2.46. The van der Waals surface area contributed by atoms with Crippen LogP contribution in [0.5, 0.6) is 5.88 Å². The van der Waals surface area contributed by atoms with Crippen LogP contribution in [-0.2, 0) is 16.6 Å². The van der Waals surface area contributed by atoms with Crippen molar-refractivity contribution in [2.75, 3.05) is 20.2 Å². The van der Waals surface area contributed by atoms with Crippen molar-refractivity contribution in [3.63, 3.8) is 0 Å². The van der Waals surface area contributed by atoms with Gasteiger partial charge in [-0.3, -0.25) is 5.10 Å². The maximum Gasteiger partial charge on any atom is 0.410 e. The van der Waals surface area contributed by atoms with Crippen LogP contribution in [-0.4, -0.2) is 47.0 Å². The standard InChI is InChI=1S/C16H25N3O3/c1-15(2,3)22-14(20)19-9-7-16(8-10-19)6-5-11-12(16)17-18-13(11)21-4/h5-10H2,1-4H3,(H,17,18). The number of carbonyl (C=O) groups excluding carboxylic acids is 1. The van der Waals surface area contributed by atoms with Gasteiger partial charge in [-0.2, -0.15) is 0 Å². The van der Waals surface area contributed by atoms with Gasteiger partial charge in [-0.15, -0.1) is 5.10 Å². The van der Waals surface area contributed by atoms with Gasteiger partial charge in [0.05, 0.1) is 7.11 Å². The summed E-state index contributed by atoms with van der Waals surface area (Å²) in [6, 6.07) is 0. The van der Waals surface area contributed by atoms with Crippen molar-refractivity contribution < 1.29 is 14.3 Å². The van der Waals surface area contributed by atoms with Crippen molar-refractivity contribution in [3.05, 3.63) is 11.3 Å². The number of H-pyrrole nitrogens is 1. The first kappa shape index (κ1) is 15.2. The number of carbonyl (C=O) groups is 1. The molecule has 6 heteroatoms. The zero-order valence-electron chi connectivity index (χ0n) is 13.9. The van der Waals surface area contributed by atoms with E-state index < -0.39 is 5.60 Å². The van der Waals surface area contributed by atoms with E-state index in [2.05, 4.69) is 10.2 Å². The summed E-state index contributed by atoms with van der Waals surface area (Å²) in [4.78, 5) is 14.0. The SMILES string of the molecule is COc1n[nH]c2c1CCC21CCN(C(=O)OC(C)(C)C)CC1. The zero-order valence-corrected chi connectivity index (χ0v) is 13.9. The first-order valence-corrected chi connectivity index (χ1v) is 7.94. The summed E-state index contributed by atoms with van der Waals surface area (Å²) in [5, 5.41) is 7.43. The highest BCUT2D eigenvalue weighted by atomic mass is 16.6. The number of hydrogen-bond acceptors (Lipinski definition) is 4. The molecular weight excluding hydrogens is 282 g/mol. The average Bonchev–Trinajstić information content (AvgIpc) is 3.00. The fraction of sp³-hybridized carbons (Fsp3) is 0.750. The summed E-state index contributed by atoms with van der Waals surface area (Å²) in [5.74, 6) is 0.724. The van der Waals surface area contributed by atoms with Gasteiger partial charge in [-0.1, -0.05) is 0 Å². The highest BCUT2D eigenvalue weighted by molar-refractivity contribution is 5.68. The van der Waals surface area contributed by atoms with E-state index in [1.165, 1.54) is 11.3 Å². The summed E-state index contributed by atoms with van der Waals surface area (Å²) >= 11 is 0. The Morgan fingerprint density at radius 1 is 1.27 bits per heavy atom. The number of amides is 1. The van der Waals surface area contributed by atoms with E-state index in [9.17, 15) is 4.79 Å². The molecule has 1 aromatic heterocycles. The molecule has 1 aliphatic heterocycles. The molecule has 1 fully saturated rings. The normalized spacial score (nSPS) is 20.1. The minimum Gasteiger partial charge on any atom is -0.480 e. The number of aromatic nitrogens is 2. The third kappa shape index (κ3) is 2.55. The molecule has 0 aromatic carbocycles. The molecule has 1 amide bonds. The fourth-order valence-corrected chi connectivity index (χ4v) is 3.62. The number of nitrogens with one attached hydrogen (secondary N) is 1. The van der Waals surface area contributed by atoms with Gasteiger partial charge in [0.15, 0.2) is 0 Å². The second-order valence-electron chi connectivity index (χ2n) is 7.33. The minimum absolute atomic E-state index is 0.123. The van der Waals surface area contributed by atoms with E-state index in [0.717, 1.165) is 44.7 Å². The van der Waals surface area contributed by atoms with Crippen molar-refractivity contribution in [1.82, 2.24) is 15.1 Å². The van der Waals surface area contributed by atoms with Gasteiger partial charge >= 0.3 is 6.09 Å². The Kier molecular flexibility index (Phi) is 3.57. The largest absolute Gasteiger partial charge is 0.480 e. The van der Waals surface area contributed by atoms with Crippen LogP contribution in [0.15, 0.2) is 0 Å². The molecule has 0 unspecified atom stereocenters. The van der Waals surface area contributed by atoms with Gasteiger partial charge in [-0.25, -0.2) is 4.79 Å². The third-order valence-corrected chi connectivity index (χ3v) is 4.78. The van der Waals surface area contributed by atoms with E-state index in [-0.39, 0.29) is 11.5 Å². The van der Waals surface area contributed by atoms with E-state index in [1.807, 2.05) is 25.7 Å². The average molecular weight is 307 g/mol. The lowest BCUT2D eigenvalue weighted by Gasteiger charge is -2.39. The van der Waals surface area contributed by atoms with Gasteiger partial charge in [-0.05, 0) is 46.5 Å². The number of methoxy groups -OCH3 is 1. The molecule has 2 aliphatic rings. The first-order valence-electron chi connectivity index (χ1n) is 7.94. The molecule has 1 aliphatic carbocycles. The van der Waals surface area contributed by atoms with E-state index in [1.54, 1.807) is 7.11 Å². The number of aromatic amines is 1. The van der Waals surface area contributed by atoms with Crippen LogP contribution in [0.1, 0.15) is 51.3 Å². The Morgan fingerprint density at radius 2 is 1.95 bits per heavy atom. The smallest absolute Gasteiger partial charge is 0.410 e. The number of rotatable bonds is 1. The molecule has 0 atom stereocenters. The second kappa shape index (κ2) is 5.18. The highest BCUT2D eigenvalue weighted by Gasteiger charge is 2.45. The molecule has 0 radical (unpaired) electrons. The first-order chi connectivity index (χ1) is 10.3. The third-order valence-electron chi connectivity index (χ3n) is 4.78. The molecule has 0 saturated carbocycles. The second-order valence-corrected chi connectivity index (χ2v) is 7.33. The number of fused-ring (bicyclic) bond motifs is 2. The van der Waals surface area contributed by atoms with Gasteiger partial charge in [0.2, 0.25) is 5.88 Å². The van der Waals surface area contributed by atoms with Crippen molar-refractivity contribution >= 4 is 6.09 Å².